The van der Waals surface area contributed by atoms with Crippen molar-refractivity contribution in [1.29, 1.82) is 5.26 Å². The molecule has 6 N–H and O–H groups in total. The zero-order valence-corrected chi connectivity index (χ0v) is 62.3. The number of alkyl halides is 3. The minimum atomic E-state index is -4.71. The van der Waals surface area contributed by atoms with Crippen LogP contribution in [0.3, 0.4) is 0 Å². The third kappa shape index (κ3) is 19.0. The van der Waals surface area contributed by atoms with E-state index in [0.717, 1.165) is 16.8 Å². The number of halogens is 4. The molecule has 0 saturated carbocycles. The molecule has 6 aromatic carbocycles. The molecule has 0 fully saturated rings. The number of anilines is 12. The lowest BCUT2D eigenvalue weighted by molar-refractivity contribution is -0.136. The van der Waals surface area contributed by atoms with Crippen molar-refractivity contribution in [3.63, 3.8) is 0 Å². The molecule has 0 unspecified atom stereocenters. The Bertz CT molecular complexity index is 5110. The van der Waals surface area contributed by atoms with E-state index >= 15 is 0 Å². The molecule has 10 rings (SSSR count). The van der Waals surface area contributed by atoms with Gasteiger partial charge in [-0.25, -0.2) is 31.8 Å². The van der Waals surface area contributed by atoms with Crippen molar-refractivity contribution in [3.8, 4) is 23.3 Å². The van der Waals surface area contributed by atoms with Crippen LogP contribution in [0.25, 0.3) is 10.2 Å². The highest BCUT2D eigenvalue weighted by molar-refractivity contribution is 7.92. The minimum Gasteiger partial charge on any atom is -0.495 e. The first-order valence-corrected chi connectivity index (χ1v) is 42.3. The number of methoxy groups -OCH3 is 3. The molecule has 0 amide bonds. The number of nitriles is 1. The van der Waals surface area contributed by atoms with Crippen molar-refractivity contribution in [1.82, 2.24) is 29.9 Å². The number of ether oxygens (including phenoxy) is 3. The van der Waals surface area contributed by atoms with Gasteiger partial charge in [0.25, 0.3) is 0 Å². The molecule has 23 nitrogen and oxygen atoms in total. The lowest BCUT2D eigenvalue weighted by Crippen LogP contribution is -2.15. The number of hydrogen-bond acceptors (Lipinski definition) is 24. The third-order valence-electron chi connectivity index (χ3n) is 14.7. The number of sulfone groups is 2. The topological polar surface area (TPSA) is 320 Å². The number of rotatable bonds is 22. The smallest absolute Gasteiger partial charge is 0.418 e. The molecular formula is C67H72ClF3N13O10P3S3. The largest absolute Gasteiger partial charge is 0.495 e. The van der Waals surface area contributed by atoms with Gasteiger partial charge in [-0.2, -0.15) is 33.4 Å². The summed E-state index contributed by atoms with van der Waals surface area (Å²) in [5.41, 5.74) is 1.79. The van der Waals surface area contributed by atoms with Gasteiger partial charge < -0.3 is 59.8 Å². The average Bonchev–Trinajstić information content (AvgIpc) is 1.30. The number of aromatic nitrogens is 6. The van der Waals surface area contributed by atoms with Gasteiger partial charge in [0.15, 0.2) is 31.3 Å². The van der Waals surface area contributed by atoms with Crippen LogP contribution < -0.4 is 62.0 Å². The van der Waals surface area contributed by atoms with E-state index in [1.807, 2.05) is 11.4 Å². The summed E-state index contributed by atoms with van der Waals surface area (Å²) in [6.07, 6.45) is -1.92. The summed E-state index contributed by atoms with van der Waals surface area (Å²) in [7, 11) is -9.86. The van der Waals surface area contributed by atoms with Gasteiger partial charge in [0.05, 0.1) is 109 Å². The standard InChI is InChI=1S/C24H27N4O4PS2.C22H27N4O4PS.C21H18ClF3N5O2P/c1-15(2)35(30,31)21-9-7-6-8-18(21)25-23-22-19(12-13-34-22)27-24(28-23)26-17-11-10-16(33(4,5)29)14-20(17)32-3;1-15(2)32(28,29)20-9-7-6-8-18(20)24-21-12-13-23-22(26-21)25-17-11-10-16(31(4,5)27)14-19(17)30-3;1-32-18-9-13(33(2,3)31)5-7-17(18)29-20-27-11-15(22)19(30-20)28-16-6-4-12(10-26)8-14(16)21(23,24)25/h6-15H,1-5H3,(H2,25,26,27,28);6-15H,1-5H3,(H2,23,24,25,26);4-9,11H,1-3H3,(H2,27,28,29,30). The summed E-state index contributed by atoms with van der Waals surface area (Å²) in [6, 6.07) is 37.4. The van der Waals surface area contributed by atoms with Crippen LogP contribution in [-0.2, 0) is 39.5 Å². The molecule has 0 aliphatic heterocycles. The summed E-state index contributed by atoms with van der Waals surface area (Å²) >= 11 is 7.56. The van der Waals surface area contributed by atoms with Crippen molar-refractivity contribution in [3.05, 3.63) is 167 Å². The van der Waals surface area contributed by atoms with Gasteiger partial charge in [0, 0.05) is 22.1 Å². The molecule has 0 radical (unpaired) electrons. The van der Waals surface area contributed by atoms with Gasteiger partial charge in [-0.3, -0.25) is 0 Å². The number of hydrogen-bond donors (Lipinski definition) is 6. The zero-order valence-electron chi connectivity index (χ0n) is 56.4. The highest BCUT2D eigenvalue weighted by atomic mass is 35.5. The van der Waals surface area contributed by atoms with Crippen LogP contribution >= 0.6 is 44.4 Å². The van der Waals surface area contributed by atoms with Crippen molar-refractivity contribution < 1.29 is 57.9 Å². The van der Waals surface area contributed by atoms with E-state index in [4.69, 9.17) is 31.1 Å². The first-order valence-electron chi connectivity index (χ1n) is 30.2. The first kappa shape index (κ1) is 76.6. The van der Waals surface area contributed by atoms with Crippen LogP contribution in [-0.4, -0.2) is 119 Å². The SMILES string of the molecule is COc1cc(P(C)(C)=O)ccc1Nc1nc(Nc2ccccc2S(=O)(=O)C(C)C)c2sccc2n1.COc1cc(P(C)(C)=O)ccc1Nc1ncc(Cl)c(Nc2ccc(C#N)cc2C(F)(F)F)n1.COc1cc(P(C)(C)=O)ccc1Nc1nccc(Nc2ccccc2S(=O)(=O)C(C)C)n1. The number of nitrogens with one attached hydrogen (secondary N) is 6. The van der Waals surface area contributed by atoms with Gasteiger partial charge in [-0.15, -0.1) is 11.3 Å². The van der Waals surface area contributed by atoms with Gasteiger partial charge in [0.1, 0.15) is 49.5 Å². The molecule has 100 heavy (non-hydrogen) atoms. The molecule has 0 saturated heterocycles. The lowest BCUT2D eigenvalue weighted by atomic mass is 10.1. The van der Waals surface area contributed by atoms with E-state index in [0.29, 0.717) is 90.6 Å². The lowest BCUT2D eigenvalue weighted by Gasteiger charge is -2.16. The Hall–Kier alpha value is -9.12. The summed E-state index contributed by atoms with van der Waals surface area (Å²) in [5, 5.41) is 29.8. The maximum Gasteiger partial charge on any atom is 0.418 e. The second-order valence-corrected chi connectivity index (χ2v) is 39.6. The quantitative estimate of drug-likeness (QED) is 0.0343. The zero-order chi connectivity index (χ0) is 73.3. The summed E-state index contributed by atoms with van der Waals surface area (Å²) < 4.78 is 146. The number of para-hydroxylation sites is 2. The minimum absolute atomic E-state index is 0.0155. The van der Waals surface area contributed by atoms with E-state index in [2.05, 4.69) is 61.8 Å². The molecule has 33 heteroatoms. The van der Waals surface area contributed by atoms with Crippen molar-refractivity contribution >= 4 is 160 Å². The number of nitrogens with zero attached hydrogens (tertiary/aromatic N) is 7. The van der Waals surface area contributed by atoms with Gasteiger partial charge in [-0.05, 0) is 182 Å². The maximum absolute atomic E-state index is 13.5. The Balaban J connectivity index is 0.000000191. The monoisotopic (exact) mass is 1500 g/mol. The van der Waals surface area contributed by atoms with Gasteiger partial charge in [-0.1, -0.05) is 35.9 Å². The normalized spacial score (nSPS) is 11.9. The van der Waals surface area contributed by atoms with Crippen LogP contribution in [0.5, 0.6) is 17.2 Å². The fraction of sp³-hybridized carbons (Fsp3) is 0.239. The molecule has 0 bridgehead atoms. The molecule has 10 aromatic rings. The molecule has 4 aromatic heterocycles. The van der Waals surface area contributed by atoms with E-state index in [1.54, 1.807) is 196 Å². The fourth-order valence-corrected chi connectivity index (χ4v) is 15.1. The third-order valence-corrected chi connectivity index (χ3v) is 24.9. The van der Waals surface area contributed by atoms with Crippen molar-refractivity contribution in [2.75, 3.05) is 93.2 Å². The number of thiophene rings is 1. The highest BCUT2D eigenvalue weighted by Gasteiger charge is 2.35. The van der Waals surface area contributed by atoms with Crippen molar-refractivity contribution in [2.24, 2.45) is 0 Å². The molecular weight excluding hydrogens is 1430 g/mol. The summed E-state index contributed by atoms with van der Waals surface area (Å²) in [4.78, 5) is 26.6. The second kappa shape index (κ2) is 31.6. The molecule has 0 aliphatic rings. The van der Waals surface area contributed by atoms with Crippen LogP contribution in [0.15, 0.2) is 161 Å². The first-order chi connectivity index (χ1) is 46.9. The Morgan fingerprint density at radius 3 is 1.42 bits per heavy atom. The second-order valence-electron chi connectivity index (χ2n) is 23.7. The van der Waals surface area contributed by atoms with E-state index in [1.165, 1.54) is 37.8 Å². The predicted molar refractivity (Wildman–Crippen MR) is 396 cm³/mol. The Labute approximate surface area is 587 Å². The molecule has 0 aliphatic carbocycles. The highest BCUT2D eigenvalue weighted by Crippen LogP contribution is 2.43. The van der Waals surface area contributed by atoms with Gasteiger partial charge in [0.2, 0.25) is 17.8 Å². The molecule has 0 atom stereocenters. The van der Waals surface area contributed by atoms with E-state index in [-0.39, 0.29) is 37.8 Å². The molecule has 0 spiro atoms. The van der Waals surface area contributed by atoms with E-state index < -0.39 is 63.3 Å². The predicted octanol–water partition coefficient (Wildman–Crippen LogP) is 15.8. The summed E-state index contributed by atoms with van der Waals surface area (Å²) in [5.74, 6) is 2.89. The van der Waals surface area contributed by atoms with Crippen molar-refractivity contribution in [2.45, 2.75) is 54.2 Å². The Kier molecular flexibility index (Phi) is 24.2. The van der Waals surface area contributed by atoms with Crippen LogP contribution in [0, 0.1) is 11.3 Å². The fourth-order valence-electron chi connectivity index (χ4n) is 9.22. The van der Waals surface area contributed by atoms with Gasteiger partial charge >= 0.3 is 6.18 Å². The molecule has 4 heterocycles. The Morgan fingerprint density at radius 1 is 0.520 bits per heavy atom. The van der Waals surface area contributed by atoms with Crippen LogP contribution in [0.2, 0.25) is 5.02 Å². The van der Waals surface area contributed by atoms with Crippen LogP contribution in [0.4, 0.5) is 82.6 Å². The number of benzene rings is 6. The average molecular weight is 1500 g/mol. The maximum atomic E-state index is 13.5. The van der Waals surface area contributed by atoms with E-state index in [9.17, 15) is 43.7 Å². The molecule has 526 valence electrons. The number of fused-ring (bicyclic) bond motifs is 1. The summed E-state index contributed by atoms with van der Waals surface area (Å²) in [6.45, 7) is 16.7. The van der Waals surface area contributed by atoms with Crippen LogP contribution in [0.1, 0.15) is 38.8 Å². The Morgan fingerprint density at radius 2 is 0.960 bits per heavy atom.